The Morgan fingerprint density at radius 2 is 1.89 bits per heavy atom. The van der Waals surface area contributed by atoms with E-state index in [1.165, 1.54) is 0 Å². The predicted molar refractivity (Wildman–Crippen MR) is 132 cm³/mol. The van der Waals surface area contributed by atoms with Gasteiger partial charge in [-0.05, 0) is 49.8 Å². The van der Waals surface area contributed by atoms with Crippen molar-refractivity contribution < 1.29 is 27.3 Å². The number of H-pyrrole nitrogens is 1. The molecule has 1 aliphatic rings. The zero-order valence-corrected chi connectivity index (χ0v) is 20.7. The fourth-order valence-corrected chi connectivity index (χ4v) is 5.93. The summed E-state index contributed by atoms with van der Waals surface area (Å²) in [5, 5.41) is 22.0. The van der Waals surface area contributed by atoms with E-state index in [1.54, 1.807) is 18.5 Å². The number of aromatic nitrogens is 5. The summed E-state index contributed by atoms with van der Waals surface area (Å²) >= 11 is 0. The summed E-state index contributed by atoms with van der Waals surface area (Å²) < 4.78 is 46.6. The molecule has 1 aromatic carbocycles. The van der Waals surface area contributed by atoms with Gasteiger partial charge in [-0.3, -0.25) is 8.89 Å². The van der Waals surface area contributed by atoms with Gasteiger partial charge in [0.15, 0.2) is 0 Å². The number of nitrogens with zero attached hydrogens (tertiary/aromatic N) is 5. The Morgan fingerprint density at radius 3 is 2.58 bits per heavy atom. The lowest BCUT2D eigenvalue weighted by Gasteiger charge is -2.28. The second-order valence-corrected chi connectivity index (χ2v) is 10.2. The number of rotatable bonds is 5. The van der Waals surface area contributed by atoms with Gasteiger partial charge in [-0.1, -0.05) is 12.1 Å². The van der Waals surface area contributed by atoms with E-state index < -0.39 is 22.9 Å². The Kier molecular flexibility index (Phi) is 8.21. The number of aliphatic carboxylic acids is 1. The van der Waals surface area contributed by atoms with Crippen LogP contribution < -0.4 is 0 Å². The molecule has 0 saturated heterocycles. The van der Waals surface area contributed by atoms with Crippen LogP contribution in [0.4, 0.5) is 13.2 Å². The molecule has 9 nitrogen and oxygen atoms in total. The molecule has 0 bridgehead atoms. The lowest BCUT2D eigenvalue weighted by atomic mass is 9.87. The van der Waals surface area contributed by atoms with Crippen LogP contribution in [0.1, 0.15) is 37.3 Å². The Balaban J connectivity index is 0.000000426. The van der Waals surface area contributed by atoms with Gasteiger partial charge < -0.3 is 10.1 Å². The summed E-state index contributed by atoms with van der Waals surface area (Å²) in [7, 11) is -1.14. The number of carboxylic acid groups (broad SMARTS) is 1. The molecule has 198 valence electrons. The standard InChI is InChI=1S/C23H22N6OS.C2HF3O2/c24-11-17-3-1-2-4-21(17)31(30)14-16-5-7-19(8-6-16)29-13-18(12-28-29)22-20-9-10-25-23(20)27-15-26-22;3-2(4,5)1(6)7/h1-4,9-10,12-13,15-16,19H,5-8,14H2,(H,25,26,27);(H,6,7). The average Bonchev–Trinajstić information content (AvgIpc) is 3.59. The number of benzene rings is 1. The van der Waals surface area contributed by atoms with E-state index in [0.29, 0.717) is 28.2 Å². The van der Waals surface area contributed by atoms with Gasteiger partial charge in [-0.2, -0.15) is 23.5 Å². The minimum Gasteiger partial charge on any atom is -0.475 e. The van der Waals surface area contributed by atoms with Gasteiger partial charge in [0.1, 0.15) is 18.0 Å². The Morgan fingerprint density at radius 1 is 1.18 bits per heavy atom. The number of nitrogens with one attached hydrogen (secondary N) is 1. The van der Waals surface area contributed by atoms with E-state index in [4.69, 9.17) is 9.90 Å². The van der Waals surface area contributed by atoms with Crippen LogP contribution in [0.2, 0.25) is 0 Å². The Hall–Kier alpha value is -4.05. The van der Waals surface area contributed by atoms with Crippen molar-refractivity contribution in [2.24, 2.45) is 5.92 Å². The molecule has 13 heteroatoms. The summed E-state index contributed by atoms with van der Waals surface area (Å²) in [6, 6.07) is 11.7. The number of aromatic amines is 1. The highest BCUT2D eigenvalue weighted by molar-refractivity contribution is 7.85. The van der Waals surface area contributed by atoms with Crippen molar-refractivity contribution >= 4 is 27.8 Å². The van der Waals surface area contributed by atoms with Gasteiger partial charge >= 0.3 is 12.1 Å². The second kappa shape index (κ2) is 11.6. The normalized spacial score (nSPS) is 18.3. The zero-order chi connectivity index (χ0) is 27.3. The zero-order valence-electron chi connectivity index (χ0n) is 19.9. The van der Waals surface area contributed by atoms with Crippen LogP contribution in [0.3, 0.4) is 0 Å². The number of carboxylic acids is 1. The van der Waals surface area contributed by atoms with Crippen LogP contribution in [-0.4, -0.2) is 51.9 Å². The second-order valence-electron chi connectivity index (χ2n) is 8.77. The molecule has 1 atom stereocenters. The van der Waals surface area contributed by atoms with Crippen molar-refractivity contribution in [1.82, 2.24) is 24.7 Å². The summed E-state index contributed by atoms with van der Waals surface area (Å²) in [6.07, 6.45) is 6.33. The lowest BCUT2D eigenvalue weighted by Crippen LogP contribution is -2.22. The molecule has 4 aromatic rings. The lowest BCUT2D eigenvalue weighted by molar-refractivity contribution is -0.192. The third-order valence-corrected chi connectivity index (χ3v) is 7.92. The van der Waals surface area contributed by atoms with Gasteiger partial charge in [-0.15, -0.1) is 0 Å². The summed E-state index contributed by atoms with van der Waals surface area (Å²) in [5.41, 5.74) is 3.21. The first-order chi connectivity index (χ1) is 18.2. The first-order valence-electron chi connectivity index (χ1n) is 11.7. The van der Waals surface area contributed by atoms with Crippen LogP contribution in [0.15, 0.2) is 60.1 Å². The predicted octanol–water partition coefficient (Wildman–Crippen LogP) is 4.87. The first kappa shape index (κ1) is 27.0. The minimum absolute atomic E-state index is 0.341. The van der Waals surface area contributed by atoms with Crippen LogP contribution in [0.5, 0.6) is 0 Å². The molecule has 1 fully saturated rings. The third-order valence-electron chi connectivity index (χ3n) is 6.30. The van der Waals surface area contributed by atoms with E-state index in [-0.39, 0.29) is 0 Å². The highest BCUT2D eigenvalue weighted by Crippen LogP contribution is 2.34. The molecular weight excluding hydrogens is 521 g/mol. The Bertz CT molecular complexity index is 1490. The molecule has 0 amide bonds. The molecule has 2 N–H and O–H groups in total. The van der Waals surface area contributed by atoms with Gasteiger partial charge in [0.2, 0.25) is 0 Å². The maximum Gasteiger partial charge on any atom is 0.490 e. The number of alkyl halides is 3. The van der Waals surface area contributed by atoms with Crippen LogP contribution in [0, 0.1) is 17.2 Å². The van der Waals surface area contributed by atoms with Crippen LogP contribution >= 0.6 is 0 Å². The van der Waals surface area contributed by atoms with Gasteiger partial charge in [0, 0.05) is 29.1 Å². The van der Waals surface area contributed by atoms with E-state index in [0.717, 1.165) is 48.0 Å². The fraction of sp³-hybridized carbons (Fsp3) is 0.320. The molecule has 1 aliphatic carbocycles. The highest BCUT2D eigenvalue weighted by Gasteiger charge is 2.38. The first-order valence-corrected chi connectivity index (χ1v) is 13.0. The molecule has 5 rings (SSSR count). The molecule has 1 saturated carbocycles. The summed E-state index contributed by atoms with van der Waals surface area (Å²) in [6.45, 7) is 0. The SMILES string of the molecule is N#Cc1ccccc1S(=O)CC1CCC(n2cc(-c3ncnc4[nH]ccc34)cn2)CC1.O=C(O)C(F)(F)F. The Labute approximate surface area is 217 Å². The van der Waals surface area contributed by atoms with Crippen LogP contribution in [-0.2, 0) is 15.6 Å². The maximum atomic E-state index is 12.8. The van der Waals surface area contributed by atoms with Crippen molar-refractivity contribution in [2.75, 3.05) is 5.75 Å². The van der Waals surface area contributed by atoms with Gasteiger partial charge in [-0.25, -0.2) is 14.8 Å². The molecule has 38 heavy (non-hydrogen) atoms. The fourth-order valence-electron chi connectivity index (χ4n) is 4.40. The molecule has 3 heterocycles. The minimum atomic E-state index is -5.08. The number of fused-ring (bicyclic) bond motifs is 1. The molecular formula is C25H23F3N6O3S. The largest absolute Gasteiger partial charge is 0.490 e. The van der Waals surface area contributed by atoms with Crippen molar-refractivity contribution in [2.45, 2.75) is 42.8 Å². The van der Waals surface area contributed by atoms with Gasteiger partial charge in [0.25, 0.3) is 0 Å². The number of carbonyl (C=O) groups is 1. The van der Waals surface area contributed by atoms with Crippen molar-refractivity contribution in [1.29, 1.82) is 5.26 Å². The topological polar surface area (TPSA) is 138 Å². The van der Waals surface area contributed by atoms with Crippen molar-refractivity contribution in [3.8, 4) is 17.3 Å². The van der Waals surface area contributed by atoms with Crippen molar-refractivity contribution in [3.63, 3.8) is 0 Å². The van der Waals surface area contributed by atoms with E-state index in [1.807, 2.05) is 35.3 Å². The number of nitriles is 1. The molecule has 3 aromatic heterocycles. The monoisotopic (exact) mass is 544 g/mol. The number of halogens is 3. The highest BCUT2D eigenvalue weighted by atomic mass is 32.2. The van der Waals surface area contributed by atoms with Crippen LogP contribution in [0.25, 0.3) is 22.3 Å². The van der Waals surface area contributed by atoms with Gasteiger partial charge in [0.05, 0.1) is 39.2 Å². The number of hydrogen-bond donors (Lipinski definition) is 2. The average molecular weight is 545 g/mol. The van der Waals surface area contributed by atoms with E-state index >= 15 is 0 Å². The summed E-state index contributed by atoms with van der Waals surface area (Å²) in [5.74, 6) is -1.74. The maximum absolute atomic E-state index is 12.8. The third kappa shape index (κ3) is 6.25. The smallest absolute Gasteiger partial charge is 0.475 e. The molecule has 0 spiro atoms. The quantitative estimate of drug-likeness (QED) is 0.366. The summed E-state index contributed by atoms with van der Waals surface area (Å²) in [4.78, 5) is 21.4. The molecule has 0 aliphatic heterocycles. The van der Waals surface area contributed by atoms with E-state index in [9.17, 15) is 22.6 Å². The van der Waals surface area contributed by atoms with Crippen molar-refractivity contribution in [3.05, 3.63) is 60.8 Å². The number of hydrogen-bond acceptors (Lipinski definition) is 6. The molecule has 0 radical (unpaired) electrons. The molecule has 1 unspecified atom stereocenters. The van der Waals surface area contributed by atoms with E-state index in [2.05, 4.69) is 32.3 Å².